The Bertz CT molecular complexity index is 405. The number of fused-ring (bicyclic) bond motifs is 1. The quantitative estimate of drug-likeness (QED) is 0.609. The highest BCUT2D eigenvalue weighted by atomic mass is 32.2. The summed E-state index contributed by atoms with van der Waals surface area (Å²) in [5.74, 6) is 0. The van der Waals surface area contributed by atoms with Crippen LogP contribution in [0.5, 0.6) is 0 Å². The molecule has 0 aromatic carbocycles. The molecule has 0 spiro atoms. The summed E-state index contributed by atoms with van der Waals surface area (Å²) in [6.07, 6.45) is 2.90. The van der Waals surface area contributed by atoms with Crippen molar-refractivity contribution in [3.8, 4) is 0 Å². The molecule has 2 aliphatic rings. The number of hydrogen-bond acceptors (Lipinski definition) is 4. The van der Waals surface area contributed by atoms with Gasteiger partial charge in [-0.3, -0.25) is 4.31 Å². The summed E-state index contributed by atoms with van der Waals surface area (Å²) in [5, 5.41) is 12.2. The zero-order valence-electron chi connectivity index (χ0n) is 6.01. The van der Waals surface area contributed by atoms with Crippen molar-refractivity contribution in [3.05, 3.63) is 23.7 Å². The number of nitrogens with zero attached hydrogens (tertiary/aromatic N) is 3. The van der Waals surface area contributed by atoms with Crippen LogP contribution >= 0.6 is 0 Å². The minimum atomic E-state index is -3.63. The van der Waals surface area contributed by atoms with Gasteiger partial charge in [0.05, 0.1) is 12.7 Å². The van der Waals surface area contributed by atoms with Crippen molar-refractivity contribution in [2.75, 3.05) is 6.54 Å². The summed E-state index contributed by atoms with van der Waals surface area (Å²) in [6.45, 7) is 0.237. The van der Waals surface area contributed by atoms with Crippen LogP contribution in [0.25, 0.3) is 0 Å². The number of rotatable bonds is 1. The topological polar surface area (TPSA) is 88.1 Å². The first-order chi connectivity index (χ1) is 5.57. The van der Waals surface area contributed by atoms with Gasteiger partial charge in [0.25, 0.3) is 10.2 Å². The Morgan fingerprint density at radius 2 is 2.33 bits per heavy atom. The predicted molar refractivity (Wildman–Crippen MR) is 40.8 cm³/mol. The molecule has 0 bridgehead atoms. The SMILES string of the molecule is NS(=O)(=O)N1C=C2N=NC=C2C1. The maximum absolute atomic E-state index is 10.8. The highest BCUT2D eigenvalue weighted by Gasteiger charge is 2.26. The van der Waals surface area contributed by atoms with E-state index in [2.05, 4.69) is 10.2 Å². The summed E-state index contributed by atoms with van der Waals surface area (Å²) in [4.78, 5) is 0. The maximum atomic E-state index is 10.8. The van der Waals surface area contributed by atoms with Crippen molar-refractivity contribution in [2.45, 2.75) is 0 Å². The standard InChI is InChI=1S/C5H6N4O2S/c6-12(10,11)9-2-4-1-7-8-5(4)3-9/h1,3H,2H2,(H2,6,10,11). The fourth-order valence-corrected chi connectivity index (χ4v) is 1.60. The molecule has 0 saturated carbocycles. The third kappa shape index (κ3) is 1.03. The van der Waals surface area contributed by atoms with E-state index in [4.69, 9.17) is 5.14 Å². The van der Waals surface area contributed by atoms with Gasteiger partial charge < -0.3 is 0 Å². The second kappa shape index (κ2) is 2.14. The van der Waals surface area contributed by atoms with Gasteiger partial charge in [0.15, 0.2) is 0 Å². The van der Waals surface area contributed by atoms with Crippen LogP contribution in [0.3, 0.4) is 0 Å². The Labute approximate surface area is 69.3 Å². The first-order valence-corrected chi connectivity index (χ1v) is 4.69. The van der Waals surface area contributed by atoms with Crippen LogP contribution in [0.15, 0.2) is 33.9 Å². The first kappa shape index (κ1) is 7.44. The van der Waals surface area contributed by atoms with Crippen molar-refractivity contribution in [3.63, 3.8) is 0 Å². The van der Waals surface area contributed by atoms with E-state index >= 15 is 0 Å². The molecule has 0 aromatic heterocycles. The van der Waals surface area contributed by atoms with E-state index in [9.17, 15) is 8.42 Å². The molecular weight excluding hydrogens is 180 g/mol. The normalized spacial score (nSPS) is 20.9. The molecule has 7 heteroatoms. The highest BCUT2D eigenvalue weighted by molar-refractivity contribution is 7.86. The Morgan fingerprint density at radius 3 is 2.92 bits per heavy atom. The van der Waals surface area contributed by atoms with E-state index in [1.807, 2.05) is 0 Å². The van der Waals surface area contributed by atoms with Gasteiger partial charge in [-0.2, -0.15) is 13.5 Å². The van der Waals surface area contributed by atoms with Crippen LogP contribution in [0.4, 0.5) is 0 Å². The molecule has 0 aromatic rings. The van der Waals surface area contributed by atoms with Crippen molar-refractivity contribution in [2.24, 2.45) is 15.4 Å². The predicted octanol–water partition coefficient (Wildman–Crippen LogP) is -0.303. The molecule has 0 aliphatic carbocycles. The largest absolute Gasteiger partial charge is 0.298 e. The fourth-order valence-electron chi connectivity index (χ4n) is 1.04. The van der Waals surface area contributed by atoms with Crippen LogP contribution in [0.2, 0.25) is 0 Å². The van der Waals surface area contributed by atoms with E-state index in [1.54, 1.807) is 0 Å². The number of nitrogens with two attached hydrogens (primary N) is 1. The zero-order chi connectivity index (χ0) is 8.77. The lowest BCUT2D eigenvalue weighted by Crippen LogP contribution is -2.31. The van der Waals surface area contributed by atoms with Gasteiger partial charge in [0, 0.05) is 11.8 Å². The summed E-state index contributed by atoms with van der Waals surface area (Å²) < 4.78 is 22.7. The van der Waals surface area contributed by atoms with Crippen LogP contribution in [0.1, 0.15) is 0 Å². The monoisotopic (exact) mass is 186 g/mol. The summed E-state index contributed by atoms with van der Waals surface area (Å²) in [5.41, 5.74) is 1.35. The zero-order valence-corrected chi connectivity index (χ0v) is 6.82. The van der Waals surface area contributed by atoms with E-state index in [0.717, 1.165) is 9.88 Å². The lowest BCUT2D eigenvalue weighted by atomic mass is 10.3. The van der Waals surface area contributed by atoms with Crippen LogP contribution in [0, 0.1) is 0 Å². The first-order valence-electron chi connectivity index (χ1n) is 3.19. The molecule has 6 nitrogen and oxygen atoms in total. The van der Waals surface area contributed by atoms with Gasteiger partial charge in [-0.25, -0.2) is 5.14 Å². The van der Waals surface area contributed by atoms with Gasteiger partial charge in [-0.1, -0.05) is 0 Å². The average molecular weight is 186 g/mol. The van der Waals surface area contributed by atoms with Gasteiger partial charge in [-0.15, -0.1) is 5.11 Å². The molecule has 0 atom stereocenters. The molecular formula is C5H6N4O2S. The molecule has 2 heterocycles. The minimum absolute atomic E-state index is 0.237. The van der Waals surface area contributed by atoms with Gasteiger partial charge >= 0.3 is 0 Å². The van der Waals surface area contributed by atoms with E-state index in [0.29, 0.717) is 5.70 Å². The van der Waals surface area contributed by atoms with Crippen LogP contribution in [-0.4, -0.2) is 19.3 Å². The molecule has 0 saturated heterocycles. The molecule has 64 valence electrons. The molecule has 0 fully saturated rings. The lowest BCUT2D eigenvalue weighted by Gasteiger charge is -2.09. The van der Waals surface area contributed by atoms with Gasteiger partial charge in [-0.05, 0) is 0 Å². The van der Waals surface area contributed by atoms with E-state index in [-0.39, 0.29) is 6.54 Å². The third-order valence-electron chi connectivity index (χ3n) is 1.63. The maximum Gasteiger partial charge on any atom is 0.298 e. The van der Waals surface area contributed by atoms with Gasteiger partial charge in [0.1, 0.15) is 5.70 Å². The molecule has 2 N–H and O–H groups in total. The smallest absolute Gasteiger partial charge is 0.258 e. The molecule has 0 amide bonds. The second-order valence-corrected chi connectivity index (χ2v) is 3.97. The summed E-state index contributed by atoms with van der Waals surface area (Å²) >= 11 is 0. The van der Waals surface area contributed by atoms with E-state index in [1.165, 1.54) is 12.4 Å². The van der Waals surface area contributed by atoms with Crippen molar-refractivity contribution < 1.29 is 8.42 Å². The molecule has 2 rings (SSSR count). The molecule has 12 heavy (non-hydrogen) atoms. The van der Waals surface area contributed by atoms with Crippen molar-refractivity contribution in [1.29, 1.82) is 0 Å². The van der Waals surface area contributed by atoms with E-state index < -0.39 is 10.2 Å². The molecule has 0 radical (unpaired) electrons. The Balaban J connectivity index is 2.36. The van der Waals surface area contributed by atoms with Crippen LogP contribution < -0.4 is 5.14 Å². The highest BCUT2D eigenvalue weighted by Crippen LogP contribution is 2.27. The average Bonchev–Trinajstić information content (AvgIpc) is 2.37. The minimum Gasteiger partial charge on any atom is -0.258 e. The second-order valence-electron chi connectivity index (χ2n) is 2.47. The fraction of sp³-hybridized carbons (Fsp3) is 0.200. The Morgan fingerprint density at radius 1 is 1.58 bits per heavy atom. The third-order valence-corrected chi connectivity index (χ3v) is 2.52. The Kier molecular flexibility index (Phi) is 1.33. The van der Waals surface area contributed by atoms with Crippen molar-refractivity contribution >= 4 is 10.2 Å². The lowest BCUT2D eigenvalue weighted by molar-refractivity contribution is 0.528. The summed E-state index contributed by atoms with van der Waals surface area (Å²) in [7, 11) is -3.63. The van der Waals surface area contributed by atoms with Crippen molar-refractivity contribution in [1.82, 2.24) is 4.31 Å². The Hall–Kier alpha value is -1.21. The molecule has 0 unspecified atom stereocenters. The number of hydrogen-bond donors (Lipinski definition) is 1. The summed E-state index contributed by atoms with van der Waals surface area (Å²) in [6, 6.07) is 0. The van der Waals surface area contributed by atoms with Crippen LogP contribution in [-0.2, 0) is 10.2 Å². The molecule has 2 aliphatic heterocycles. The van der Waals surface area contributed by atoms with Gasteiger partial charge in [0.2, 0.25) is 0 Å². The number of azo groups is 1.